The Morgan fingerprint density at radius 3 is 2.72 bits per heavy atom. The largest absolute Gasteiger partial charge is 0.458 e. The van der Waals surface area contributed by atoms with Crippen LogP contribution in [0.4, 0.5) is 4.39 Å². The number of rotatable bonds is 3. The molecule has 4 heteroatoms. The molecule has 0 saturated carbocycles. The van der Waals surface area contributed by atoms with Gasteiger partial charge < -0.3 is 4.42 Å². The minimum absolute atomic E-state index is 0.251. The lowest BCUT2D eigenvalue weighted by Crippen LogP contribution is -1.91. The van der Waals surface area contributed by atoms with Gasteiger partial charge in [-0.2, -0.15) is 0 Å². The first-order valence-electron chi connectivity index (χ1n) is 5.30. The van der Waals surface area contributed by atoms with Crippen molar-refractivity contribution in [3.63, 3.8) is 0 Å². The van der Waals surface area contributed by atoms with E-state index in [4.69, 9.17) is 4.42 Å². The zero-order chi connectivity index (χ0) is 13.1. The van der Waals surface area contributed by atoms with E-state index in [0.29, 0.717) is 15.8 Å². The van der Waals surface area contributed by atoms with Crippen LogP contribution in [0.1, 0.15) is 21.9 Å². The Balaban J connectivity index is 2.18. The molecule has 0 atom stereocenters. The van der Waals surface area contributed by atoms with E-state index in [1.54, 1.807) is 31.2 Å². The Morgan fingerprint density at radius 2 is 2.11 bits per heavy atom. The van der Waals surface area contributed by atoms with E-state index in [1.165, 1.54) is 18.2 Å². The predicted molar refractivity (Wildman–Crippen MR) is 70.9 cm³/mol. The molecule has 0 spiro atoms. The van der Waals surface area contributed by atoms with Gasteiger partial charge in [-0.15, -0.1) is 0 Å². The van der Waals surface area contributed by atoms with Gasteiger partial charge in [0.05, 0.1) is 0 Å². The highest BCUT2D eigenvalue weighted by molar-refractivity contribution is 9.10. The number of hydrogen-bond donors (Lipinski definition) is 0. The molecule has 0 fully saturated rings. The smallest absolute Gasteiger partial charge is 0.221 e. The summed E-state index contributed by atoms with van der Waals surface area (Å²) >= 11 is 3.17. The standard InChI is InChI=1S/C14H10BrFO2/c1-9-2-7-14(18-9)13(17)6-4-10-3-5-11(15)8-12(10)16/h2-8H,1H3. The van der Waals surface area contributed by atoms with E-state index >= 15 is 0 Å². The molecule has 1 aromatic carbocycles. The molecular formula is C14H10BrFO2. The van der Waals surface area contributed by atoms with Crippen LogP contribution >= 0.6 is 15.9 Å². The number of carbonyl (C=O) groups excluding carboxylic acids is 1. The molecule has 0 bridgehead atoms. The number of aryl methyl sites for hydroxylation is 1. The van der Waals surface area contributed by atoms with Gasteiger partial charge in [-0.3, -0.25) is 4.79 Å². The molecule has 0 N–H and O–H groups in total. The second-order valence-corrected chi connectivity index (χ2v) is 4.69. The number of allylic oxidation sites excluding steroid dienone is 1. The molecule has 1 heterocycles. The van der Waals surface area contributed by atoms with Crippen molar-refractivity contribution in [1.29, 1.82) is 0 Å². The molecule has 0 saturated heterocycles. The third kappa shape index (κ3) is 2.96. The highest BCUT2D eigenvalue weighted by Crippen LogP contribution is 2.17. The van der Waals surface area contributed by atoms with Gasteiger partial charge in [0.15, 0.2) is 5.76 Å². The second kappa shape index (κ2) is 5.31. The number of halogens is 2. The zero-order valence-electron chi connectivity index (χ0n) is 9.61. The maximum absolute atomic E-state index is 13.5. The van der Waals surface area contributed by atoms with Crippen LogP contribution in [0.3, 0.4) is 0 Å². The Kier molecular flexibility index (Phi) is 3.77. The van der Waals surface area contributed by atoms with Crippen molar-refractivity contribution >= 4 is 27.8 Å². The summed E-state index contributed by atoms with van der Waals surface area (Å²) < 4.78 is 19.3. The minimum Gasteiger partial charge on any atom is -0.458 e. The number of ketones is 1. The van der Waals surface area contributed by atoms with Crippen molar-refractivity contribution in [2.75, 3.05) is 0 Å². The average Bonchev–Trinajstić information content (AvgIpc) is 2.74. The van der Waals surface area contributed by atoms with Gasteiger partial charge in [-0.25, -0.2) is 4.39 Å². The van der Waals surface area contributed by atoms with Crippen molar-refractivity contribution in [1.82, 2.24) is 0 Å². The van der Waals surface area contributed by atoms with Crippen LogP contribution in [-0.4, -0.2) is 5.78 Å². The summed E-state index contributed by atoms with van der Waals surface area (Å²) in [7, 11) is 0. The van der Waals surface area contributed by atoms with E-state index in [1.807, 2.05) is 0 Å². The van der Waals surface area contributed by atoms with Crippen LogP contribution in [0.15, 0.2) is 45.3 Å². The van der Waals surface area contributed by atoms with E-state index < -0.39 is 0 Å². The number of furan rings is 1. The van der Waals surface area contributed by atoms with Crippen LogP contribution in [0, 0.1) is 12.7 Å². The Hall–Kier alpha value is -1.68. The summed E-state index contributed by atoms with van der Waals surface area (Å²) in [5, 5.41) is 0. The first-order valence-corrected chi connectivity index (χ1v) is 6.09. The van der Waals surface area contributed by atoms with Crippen LogP contribution in [-0.2, 0) is 0 Å². The van der Waals surface area contributed by atoms with Crippen molar-refractivity contribution in [2.24, 2.45) is 0 Å². The van der Waals surface area contributed by atoms with Crippen LogP contribution in [0.25, 0.3) is 6.08 Å². The van der Waals surface area contributed by atoms with Gasteiger partial charge in [0.1, 0.15) is 11.6 Å². The molecule has 0 aliphatic carbocycles. The lowest BCUT2D eigenvalue weighted by molar-refractivity contribution is 0.102. The zero-order valence-corrected chi connectivity index (χ0v) is 11.2. The third-order valence-corrected chi connectivity index (χ3v) is 2.85. The van der Waals surface area contributed by atoms with Crippen molar-refractivity contribution < 1.29 is 13.6 Å². The van der Waals surface area contributed by atoms with E-state index in [2.05, 4.69) is 15.9 Å². The summed E-state index contributed by atoms with van der Waals surface area (Å²) in [6.45, 7) is 1.76. The molecule has 1 aromatic heterocycles. The SMILES string of the molecule is Cc1ccc(C(=O)C=Cc2ccc(Br)cc2F)o1. The second-order valence-electron chi connectivity index (χ2n) is 3.77. The first kappa shape index (κ1) is 12.8. The van der Waals surface area contributed by atoms with Crippen LogP contribution < -0.4 is 0 Å². The monoisotopic (exact) mass is 308 g/mol. The lowest BCUT2D eigenvalue weighted by Gasteiger charge is -1.97. The minimum atomic E-state index is -0.385. The molecule has 0 aliphatic rings. The fourth-order valence-corrected chi connectivity index (χ4v) is 1.78. The topological polar surface area (TPSA) is 30.2 Å². The molecule has 2 rings (SSSR count). The fraction of sp³-hybridized carbons (Fsp3) is 0.0714. The molecule has 2 nitrogen and oxygen atoms in total. The van der Waals surface area contributed by atoms with Gasteiger partial charge in [0, 0.05) is 10.0 Å². The van der Waals surface area contributed by atoms with Crippen molar-refractivity contribution in [2.45, 2.75) is 6.92 Å². The van der Waals surface area contributed by atoms with Crippen molar-refractivity contribution in [3.05, 3.63) is 63.8 Å². The summed E-state index contributed by atoms with van der Waals surface area (Å²) in [6, 6.07) is 7.96. The van der Waals surface area contributed by atoms with Gasteiger partial charge in [-0.05, 0) is 43.3 Å². The molecule has 0 radical (unpaired) electrons. The third-order valence-electron chi connectivity index (χ3n) is 2.36. The summed E-state index contributed by atoms with van der Waals surface area (Å²) in [5.74, 6) is 0.248. The number of hydrogen-bond acceptors (Lipinski definition) is 2. The molecule has 92 valence electrons. The Morgan fingerprint density at radius 1 is 1.33 bits per heavy atom. The van der Waals surface area contributed by atoms with Gasteiger partial charge in [0.25, 0.3) is 0 Å². The highest BCUT2D eigenvalue weighted by atomic mass is 79.9. The van der Waals surface area contributed by atoms with Crippen molar-refractivity contribution in [3.8, 4) is 0 Å². The Labute approximate surface area is 112 Å². The van der Waals surface area contributed by atoms with E-state index in [0.717, 1.165) is 0 Å². The van der Waals surface area contributed by atoms with E-state index in [-0.39, 0.29) is 17.4 Å². The maximum Gasteiger partial charge on any atom is 0.221 e. The van der Waals surface area contributed by atoms with E-state index in [9.17, 15) is 9.18 Å². The quantitative estimate of drug-likeness (QED) is 0.622. The maximum atomic E-state index is 13.5. The first-order chi connectivity index (χ1) is 8.56. The summed E-state index contributed by atoms with van der Waals surface area (Å²) in [6.07, 6.45) is 2.73. The predicted octanol–water partition coefficient (Wildman–Crippen LogP) is 4.39. The number of carbonyl (C=O) groups is 1. The molecule has 2 aromatic rings. The summed E-state index contributed by atoms with van der Waals surface area (Å²) in [5.41, 5.74) is 0.356. The van der Waals surface area contributed by atoms with Gasteiger partial charge in [-0.1, -0.05) is 22.0 Å². The Bertz CT molecular complexity index is 614. The summed E-state index contributed by atoms with van der Waals surface area (Å²) in [4.78, 5) is 11.7. The fourth-order valence-electron chi connectivity index (χ4n) is 1.45. The molecule has 0 unspecified atom stereocenters. The molecule has 0 amide bonds. The normalized spacial score (nSPS) is 11.1. The van der Waals surface area contributed by atoms with Crippen LogP contribution in [0.2, 0.25) is 0 Å². The van der Waals surface area contributed by atoms with Gasteiger partial charge in [0.2, 0.25) is 5.78 Å². The molecule has 18 heavy (non-hydrogen) atoms. The average molecular weight is 309 g/mol. The molecular weight excluding hydrogens is 299 g/mol. The van der Waals surface area contributed by atoms with Gasteiger partial charge >= 0.3 is 0 Å². The molecule has 0 aliphatic heterocycles. The highest BCUT2D eigenvalue weighted by Gasteiger charge is 2.06. The van der Waals surface area contributed by atoms with Crippen LogP contribution in [0.5, 0.6) is 0 Å². The lowest BCUT2D eigenvalue weighted by atomic mass is 10.1. The number of benzene rings is 1.